The van der Waals surface area contributed by atoms with Gasteiger partial charge in [-0.2, -0.15) is 0 Å². The number of rotatable bonds is 4. The van der Waals surface area contributed by atoms with Crippen LogP contribution in [0.25, 0.3) is 0 Å². The van der Waals surface area contributed by atoms with Crippen molar-refractivity contribution in [3.8, 4) is 5.88 Å². The van der Waals surface area contributed by atoms with E-state index >= 15 is 0 Å². The summed E-state index contributed by atoms with van der Waals surface area (Å²) >= 11 is 0. The lowest BCUT2D eigenvalue weighted by Gasteiger charge is -2.24. The van der Waals surface area contributed by atoms with Crippen molar-refractivity contribution in [1.82, 2.24) is 9.97 Å². The zero-order chi connectivity index (χ0) is 17.1. The second kappa shape index (κ2) is 6.97. The fourth-order valence-electron chi connectivity index (χ4n) is 2.87. The maximum atomic E-state index is 8.61. The molecule has 3 N–H and O–H groups in total. The Kier molecular flexibility index (Phi) is 4.76. The van der Waals surface area contributed by atoms with E-state index in [4.69, 9.17) is 20.6 Å². The normalized spacial score (nSPS) is 15.2. The van der Waals surface area contributed by atoms with Crippen LogP contribution in [0, 0.1) is 19.3 Å². The molecule has 6 heteroatoms. The Morgan fingerprint density at radius 2 is 1.92 bits per heavy atom. The number of aromatic nitrogens is 2. The van der Waals surface area contributed by atoms with E-state index in [1.165, 1.54) is 0 Å². The molecule has 0 aliphatic carbocycles. The first-order valence-corrected chi connectivity index (χ1v) is 8.08. The molecule has 1 aliphatic rings. The molecule has 0 saturated carbocycles. The summed E-state index contributed by atoms with van der Waals surface area (Å²) in [5.41, 5.74) is 9.96. The number of pyridine rings is 2. The smallest absolute Gasteiger partial charge is 0.225 e. The van der Waals surface area contributed by atoms with Crippen molar-refractivity contribution in [1.29, 1.82) is 5.41 Å². The molecule has 3 rings (SSSR count). The number of hydrogen-bond acceptors (Lipinski definition) is 6. The molecule has 0 aromatic carbocycles. The number of nitrogens with one attached hydrogen (secondary N) is 1. The van der Waals surface area contributed by atoms with Crippen molar-refractivity contribution < 1.29 is 9.47 Å². The Hall–Kier alpha value is -2.47. The van der Waals surface area contributed by atoms with Crippen molar-refractivity contribution in [3.05, 3.63) is 46.9 Å². The molecule has 6 nitrogen and oxygen atoms in total. The number of nitrogen functional groups attached to an aromatic ring is 1. The van der Waals surface area contributed by atoms with Crippen LogP contribution in [-0.4, -0.2) is 35.0 Å². The van der Waals surface area contributed by atoms with Gasteiger partial charge in [-0.3, -0.25) is 10.4 Å². The predicted octanol–water partition coefficient (Wildman–Crippen LogP) is 2.65. The molecule has 2 aromatic heterocycles. The molecule has 3 heterocycles. The lowest BCUT2D eigenvalue weighted by atomic mass is 10.0. The highest BCUT2D eigenvalue weighted by molar-refractivity contribution is 6.15. The molecule has 0 unspecified atom stereocenters. The molecular weight excluding hydrogens is 304 g/mol. The van der Waals surface area contributed by atoms with E-state index < -0.39 is 0 Å². The van der Waals surface area contributed by atoms with Gasteiger partial charge in [-0.1, -0.05) is 0 Å². The minimum atomic E-state index is 0.0421. The molecule has 0 radical (unpaired) electrons. The fraction of sp³-hybridized carbons (Fsp3) is 0.389. The number of nitrogens with zero attached hydrogens (tertiary/aromatic N) is 2. The quantitative estimate of drug-likeness (QED) is 0.842. The summed E-state index contributed by atoms with van der Waals surface area (Å²) in [4.78, 5) is 8.69. The summed E-state index contributed by atoms with van der Waals surface area (Å²) in [6.07, 6.45) is 3.29. The van der Waals surface area contributed by atoms with Crippen LogP contribution in [0.5, 0.6) is 5.88 Å². The summed E-state index contributed by atoms with van der Waals surface area (Å²) < 4.78 is 11.4. The van der Waals surface area contributed by atoms with E-state index in [9.17, 15) is 0 Å². The first-order chi connectivity index (χ1) is 11.5. The lowest BCUT2D eigenvalue weighted by Crippen LogP contribution is -2.27. The zero-order valence-electron chi connectivity index (χ0n) is 14.0. The van der Waals surface area contributed by atoms with E-state index in [-0.39, 0.29) is 6.10 Å². The van der Waals surface area contributed by atoms with E-state index in [2.05, 4.69) is 9.97 Å². The van der Waals surface area contributed by atoms with Crippen LogP contribution in [0.1, 0.15) is 35.4 Å². The van der Waals surface area contributed by atoms with Gasteiger partial charge in [0.15, 0.2) is 0 Å². The van der Waals surface area contributed by atoms with Crippen LogP contribution < -0.4 is 10.5 Å². The maximum Gasteiger partial charge on any atom is 0.225 e. The molecule has 1 fully saturated rings. The standard InChI is InChI=1S/C18H22N4O2/c1-11-9-13(10-12(2)22-11)17(20)16-15(19)3-6-21-18(16)24-14-4-7-23-8-5-14/h3,6,9-10,14,20H,4-5,7-8H2,1-2H3,(H2,19,21). The summed E-state index contributed by atoms with van der Waals surface area (Å²) in [6, 6.07) is 5.45. The molecular formula is C18H22N4O2. The van der Waals surface area contributed by atoms with Crippen molar-refractivity contribution in [2.45, 2.75) is 32.8 Å². The number of aryl methyl sites for hydroxylation is 2. The average molecular weight is 326 g/mol. The van der Waals surface area contributed by atoms with Crippen LogP contribution in [0.15, 0.2) is 24.4 Å². The largest absolute Gasteiger partial charge is 0.474 e. The van der Waals surface area contributed by atoms with Crippen LogP contribution in [0.2, 0.25) is 0 Å². The number of anilines is 1. The Balaban J connectivity index is 1.95. The van der Waals surface area contributed by atoms with Crippen LogP contribution in [0.3, 0.4) is 0 Å². The first-order valence-electron chi connectivity index (χ1n) is 8.08. The van der Waals surface area contributed by atoms with E-state index in [0.717, 1.165) is 29.8 Å². The van der Waals surface area contributed by atoms with Gasteiger partial charge in [0.05, 0.1) is 24.5 Å². The van der Waals surface area contributed by atoms with Gasteiger partial charge >= 0.3 is 0 Å². The Morgan fingerprint density at radius 3 is 2.58 bits per heavy atom. The third kappa shape index (κ3) is 3.54. The highest BCUT2D eigenvalue weighted by atomic mass is 16.5. The SMILES string of the molecule is Cc1cc(C(=N)c2c(N)ccnc2OC2CCOCC2)cc(C)n1. The van der Waals surface area contributed by atoms with Gasteiger partial charge < -0.3 is 15.2 Å². The molecule has 0 bridgehead atoms. The highest BCUT2D eigenvalue weighted by Crippen LogP contribution is 2.27. The molecule has 0 spiro atoms. The second-order valence-corrected chi connectivity index (χ2v) is 6.02. The minimum absolute atomic E-state index is 0.0421. The predicted molar refractivity (Wildman–Crippen MR) is 92.8 cm³/mol. The third-order valence-corrected chi connectivity index (χ3v) is 4.02. The van der Waals surface area contributed by atoms with Gasteiger partial charge in [0.1, 0.15) is 6.10 Å². The van der Waals surface area contributed by atoms with Gasteiger partial charge in [-0.25, -0.2) is 4.98 Å². The lowest BCUT2D eigenvalue weighted by molar-refractivity contribution is 0.0237. The van der Waals surface area contributed by atoms with Gasteiger partial charge in [0, 0.05) is 41.7 Å². The molecule has 0 amide bonds. The van der Waals surface area contributed by atoms with Gasteiger partial charge in [0.2, 0.25) is 5.88 Å². The van der Waals surface area contributed by atoms with Gasteiger partial charge in [-0.15, -0.1) is 0 Å². The number of ether oxygens (including phenoxy) is 2. The molecule has 126 valence electrons. The highest BCUT2D eigenvalue weighted by Gasteiger charge is 2.21. The monoisotopic (exact) mass is 326 g/mol. The molecule has 2 aromatic rings. The van der Waals surface area contributed by atoms with Gasteiger partial charge in [0.25, 0.3) is 0 Å². The maximum absolute atomic E-state index is 8.61. The van der Waals surface area contributed by atoms with Gasteiger partial charge in [-0.05, 0) is 32.0 Å². The van der Waals surface area contributed by atoms with Crippen LogP contribution in [0.4, 0.5) is 5.69 Å². The number of nitrogens with two attached hydrogens (primary N) is 1. The van der Waals surface area contributed by atoms with E-state index in [0.29, 0.717) is 36.1 Å². The fourth-order valence-corrected chi connectivity index (χ4v) is 2.87. The Morgan fingerprint density at radius 1 is 1.25 bits per heavy atom. The molecule has 24 heavy (non-hydrogen) atoms. The Labute approximate surface area is 141 Å². The van der Waals surface area contributed by atoms with E-state index in [1.807, 2.05) is 26.0 Å². The Bertz CT molecular complexity index is 734. The van der Waals surface area contributed by atoms with Crippen molar-refractivity contribution in [2.24, 2.45) is 0 Å². The topological polar surface area (TPSA) is 94.1 Å². The first kappa shape index (κ1) is 16.4. The second-order valence-electron chi connectivity index (χ2n) is 6.02. The summed E-state index contributed by atoms with van der Waals surface area (Å²) in [5, 5.41) is 8.61. The minimum Gasteiger partial charge on any atom is -0.474 e. The van der Waals surface area contributed by atoms with Crippen molar-refractivity contribution in [2.75, 3.05) is 18.9 Å². The van der Waals surface area contributed by atoms with Crippen molar-refractivity contribution >= 4 is 11.4 Å². The van der Waals surface area contributed by atoms with Crippen LogP contribution in [-0.2, 0) is 4.74 Å². The molecule has 1 saturated heterocycles. The third-order valence-electron chi connectivity index (χ3n) is 4.02. The zero-order valence-corrected chi connectivity index (χ0v) is 14.0. The van der Waals surface area contributed by atoms with E-state index in [1.54, 1.807) is 12.3 Å². The van der Waals surface area contributed by atoms with Crippen molar-refractivity contribution in [3.63, 3.8) is 0 Å². The molecule has 0 atom stereocenters. The molecule has 1 aliphatic heterocycles. The van der Waals surface area contributed by atoms with Crippen LogP contribution >= 0.6 is 0 Å². The summed E-state index contributed by atoms with van der Waals surface area (Å²) in [7, 11) is 0. The summed E-state index contributed by atoms with van der Waals surface area (Å²) in [5.74, 6) is 0.416. The number of hydrogen-bond donors (Lipinski definition) is 2. The summed E-state index contributed by atoms with van der Waals surface area (Å²) in [6.45, 7) is 5.19. The average Bonchev–Trinajstić information content (AvgIpc) is 2.54.